The fourth-order valence-corrected chi connectivity index (χ4v) is 2.02. The van der Waals surface area contributed by atoms with Crippen LogP contribution in [0.1, 0.15) is 0 Å². The fourth-order valence-electron chi connectivity index (χ4n) is 1.64. The zero-order valence-electron chi connectivity index (χ0n) is 9.35. The molecule has 7 heteroatoms. The first-order valence-electron chi connectivity index (χ1n) is 5.25. The Labute approximate surface area is 114 Å². The van der Waals surface area contributed by atoms with Gasteiger partial charge in [0.15, 0.2) is 0 Å². The molecule has 0 saturated carbocycles. The summed E-state index contributed by atoms with van der Waals surface area (Å²) in [4.78, 5) is 8.16. The number of benzene rings is 1. The molecular weight excluding hydrogens is 320 g/mol. The Hall–Kier alpha value is -2.02. The van der Waals surface area contributed by atoms with Crippen molar-refractivity contribution in [1.82, 2.24) is 14.4 Å². The van der Waals surface area contributed by atoms with Gasteiger partial charge in [0, 0.05) is 36.8 Å². The summed E-state index contributed by atoms with van der Waals surface area (Å²) in [5.74, 6) is -1.26. The van der Waals surface area contributed by atoms with Crippen LogP contribution in [0.5, 0.6) is 11.6 Å². The Bertz CT molecular complexity index is 740. The molecule has 0 aliphatic rings. The van der Waals surface area contributed by atoms with E-state index >= 15 is 0 Å². The number of halogens is 3. The SMILES string of the molecule is Fc1cc(F)cc(Oc2nc(Br)cn3ccnc23)c1. The average Bonchev–Trinajstić information content (AvgIpc) is 2.75. The van der Waals surface area contributed by atoms with Crippen molar-refractivity contribution in [3.63, 3.8) is 0 Å². The molecule has 96 valence electrons. The monoisotopic (exact) mass is 325 g/mol. The number of fused-ring (bicyclic) bond motifs is 1. The lowest BCUT2D eigenvalue weighted by Crippen LogP contribution is -1.95. The molecule has 0 N–H and O–H groups in total. The molecule has 0 spiro atoms. The van der Waals surface area contributed by atoms with Crippen molar-refractivity contribution in [1.29, 1.82) is 0 Å². The zero-order valence-corrected chi connectivity index (χ0v) is 10.9. The van der Waals surface area contributed by atoms with Gasteiger partial charge >= 0.3 is 0 Å². The summed E-state index contributed by atoms with van der Waals surface area (Å²) in [5, 5.41) is 0. The first-order valence-corrected chi connectivity index (χ1v) is 6.04. The van der Waals surface area contributed by atoms with E-state index in [-0.39, 0.29) is 11.6 Å². The van der Waals surface area contributed by atoms with Crippen LogP contribution >= 0.6 is 15.9 Å². The maximum Gasteiger partial charge on any atom is 0.264 e. The smallest absolute Gasteiger partial charge is 0.264 e. The highest BCUT2D eigenvalue weighted by Crippen LogP contribution is 2.26. The van der Waals surface area contributed by atoms with Crippen molar-refractivity contribution < 1.29 is 13.5 Å². The lowest BCUT2D eigenvalue weighted by Gasteiger charge is -2.06. The van der Waals surface area contributed by atoms with E-state index in [0.29, 0.717) is 10.3 Å². The Morgan fingerprint density at radius 1 is 1.16 bits per heavy atom. The van der Waals surface area contributed by atoms with Crippen molar-refractivity contribution in [2.75, 3.05) is 0 Å². The lowest BCUT2D eigenvalue weighted by atomic mass is 10.3. The van der Waals surface area contributed by atoms with E-state index in [9.17, 15) is 8.78 Å². The second-order valence-corrected chi connectivity index (χ2v) is 4.55. The summed E-state index contributed by atoms with van der Waals surface area (Å²) in [6, 6.07) is 2.92. The van der Waals surface area contributed by atoms with Gasteiger partial charge in [0.05, 0.1) is 0 Å². The largest absolute Gasteiger partial charge is 0.436 e. The van der Waals surface area contributed by atoms with Gasteiger partial charge in [-0.3, -0.25) is 4.40 Å². The van der Waals surface area contributed by atoms with E-state index in [0.717, 1.165) is 18.2 Å². The molecule has 0 atom stereocenters. The molecule has 2 aromatic heterocycles. The molecule has 19 heavy (non-hydrogen) atoms. The van der Waals surface area contributed by atoms with Crippen molar-refractivity contribution in [2.24, 2.45) is 0 Å². The number of hydrogen-bond acceptors (Lipinski definition) is 3. The number of rotatable bonds is 2. The minimum Gasteiger partial charge on any atom is -0.436 e. The van der Waals surface area contributed by atoms with Gasteiger partial charge in [0.25, 0.3) is 5.88 Å². The molecule has 0 radical (unpaired) electrons. The molecule has 0 fully saturated rings. The normalized spacial score (nSPS) is 10.9. The molecule has 4 nitrogen and oxygen atoms in total. The molecule has 0 amide bonds. The third-order valence-corrected chi connectivity index (χ3v) is 2.75. The van der Waals surface area contributed by atoms with E-state index in [2.05, 4.69) is 25.9 Å². The molecule has 0 aliphatic heterocycles. The third-order valence-electron chi connectivity index (χ3n) is 2.36. The molecule has 1 aromatic carbocycles. The summed E-state index contributed by atoms with van der Waals surface area (Å²) in [6.07, 6.45) is 4.98. The summed E-state index contributed by atoms with van der Waals surface area (Å²) in [7, 11) is 0. The number of imidazole rings is 1. The predicted octanol–water partition coefficient (Wildman–Crippen LogP) is 3.56. The highest BCUT2D eigenvalue weighted by Gasteiger charge is 2.10. The molecular formula is C12H6BrF2N3O. The molecule has 3 rings (SSSR count). The third kappa shape index (κ3) is 2.41. The molecule has 0 unspecified atom stereocenters. The Kier molecular flexibility index (Phi) is 2.90. The van der Waals surface area contributed by atoms with Gasteiger partial charge in [-0.1, -0.05) is 0 Å². The Morgan fingerprint density at radius 2 is 1.89 bits per heavy atom. The van der Waals surface area contributed by atoms with Crippen LogP contribution in [0.4, 0.5) is 8.78 Å². The van der Waals surface area contributed by atoms with Crippen LogP contribution < -0.4 is 4.74 Å². The maximum absolute atomic E-state index is 13.1. The minimum atomic E-state index is -0.718. The number of ether oxygens (including phenoxy) is 1. The molecule has 0 bridgehead atoms. The fraction of sp³-hybridized carbons (Fsp3) is 0. The topological polar surface area (TPSA) is 39.4 Å². The number of aromatic nitrogens is 3. The van der Waals surface area contributed by atoms with Gasteiger partial charge in [-0.15, -0.1) is 0 Å². The van der Waals surface area contributed by atoms with Crippen LogP contribution in [0.25, 0.3) is 5.65 Å². The van der Waals surface area contributed by atoms with Gasteiger partial charge in [0.1, 0.15) is 22.0 Å². The van der Waals surface area contributed by atoms with Crippen molar-refractivity contribution in [2.45, 2.75) is 0 Å². The first kappa shape index (κ1) is 12.0. The van der Waals surface area contributed by atoms with Crippen LogP contribution in [0.2, 0.25) is 0 Å². The van der Waals surface area contributed by atoms with E-state index < -0.39 is 11.6 Å². The van der Waals surface area contributed by atoms with Gasteiger partial charge in [-0.25, -0.2) is 18.7 Å². The quantitative estimate of drug-likeness (QED) is 0.723. The van der Waals surface area contributed by atoms with Gasteiger partial charge in [0.2, 0.25) is 5.65 Å². The standard InChI is InChI=1S/C12H6BrF2N3O/c13-10-6-18-2-1-16-11(18)12(17-10)19-9-4-7(14)3-8(15)5-9/h1-6H. The van der Waals surface area contributed by atoms with Gasteiger partial charge in [-0.2, -0.15) is 0 Å². The van der Waals surface area contributed by atoms with E-state index in [4.69, 9.17) is 4.74 Å². The molecule has 0 saturated heterocycles. The predicted molar refractivity (Wildman–Crippen MR) is 67.1 cm³/mol. The highest BCUT2D eigenvalue weighted by atomic mass is 79.9. The van der Waals surface area contributed by atoms with Crippen molar-refractivity contribution >= 4 is 21.6 Å². The van der Waals surface area contributed by atoms with Crippen molar-refractivity contribution in [3.8, 4) is 11.6 Å². The summed E-state index contributed by atoms with van der Waals surface area (Å²) < 4.78 is 33.8. The second kappa shape index (κ2) is 4.58. The molecule has 2 heterocycles. The summed E-state index contributed by atoms with van der Waals surface area (Å²) in [6.45, 7) is 0. The molecule has 0 aliphatic carbocycles. The first-order chi connectivity index (χ1) is 9.11. The Morgan fingerprint density at radius 3 is 2.63 bits per heavy atom. The maximum atomic E-state index is 13.1. The van der Waals surface area contributed by atoms with Crippen LogP contribution in [0.15, 0.2) is 41.4 Å². The number of nitrogens with zero attached hydrogens (tertiary/aromatic N) is 3. The highest BCUT2D eigenvalue weighted by molar-refractivity contribution is 9.10. The second-order valence-electron chi connectivity index (χ2n) is 3.73. The van der Waals surface area contributed by atoms with E-state index in [1.165, 1.54) is 0 Å². The van der Waals surface area contributed by atoms with Crippen LogP contribution in [0.3, 0.4) is 0 Å². The zero-order chi connectivity index (χ0) is 13.4. The van der Waals surface area contributed by atoms with Crippen LogP contribution in [-0.4, -0.2) is 14.4 Å². The lowest BCUT2D eigenvalue weighted by molar-refractivity contribution is 0.452. The van der Waals surface area contributed by atoms with Crippen LogP contribution in [0, 0.1) is 11.6 Å². The van der Waals surface area contributed by atoms with Crippen molar-refractivity contribution in [3.05, 3.63) is 53.0 Å². The Balaban J connectivity index is 2.07. The number of hydrogen-bond donors (Lipinski definition) is 0. The van der Waals surface area contributed by atoms with E-state index in [1.807, 2.05) is 0 Å². The minimum absolute atomic E-state index is 0.0213. The van der Waals surface area contributed by atoms with E-state index in [1.54, 1.807) is 23.0 Å². The van der Waals surface area contributed by atoms with Gasteiger partial charge < -0.3 is 4.74 Å². The van der Waals surface area contributed by atoms with Crippen LogP contribution in [-0.2, 0) is 0 Å². The summed E-state index contributed by atoms with van der Waals surface area (Å²) >= 11 is 3.22. The molecule has 3 aromatic rings. The average molecular weight is 326 g/mol. The van der Waals surface area contributed by atoms with Gasteiger partial charge in [-0.05, 0) is 15.9 Å². The summed E-state index contributed by atoms with van der Waals surface area (Å²) in [5.41, 5.74) is 0.452.